The Balaban J connectivity index is 1.71. The van der Waals surface area contributed by atoms with Crippen LogP contribution in [0.15, 0.2) is 41.6 Å². The van der Waals surface area contributed by atoms with E-state index in [1.54, 1.807) is 12.1 Å². The molecule has 0 saturated carbocycles. The van der Waals surface area contributed by atoms with Gasteiger partial charge in [0.15, 0.2) is 0 Å². The van der Waals surface area contributed by atoms with Crippen LogP contribution in [0.2, 0.25) is 0 Å². The molecule has 1 aliphatic rings. The zero-order chi connectivity index (χ0) is 17.0. The van der Waals surface area contributed by atoms with Crippen molar-refractivity contribution in [1.82, 2.24) is 9.97 Å². The molecule has 1 aromatic heterocycles. The molecule has 128 valence electrons. The summed E-state index contributed by atoms with van der Waals surface area (Å²) < 4.78 is 32.6. The molecule has 0 spiro atoms. The van der Waals surface area contributed by atoms with Gasteiger partial charge in [-0.15, -0.1) is 0 Å². The summed E-state index contributed by atoms with van der Waals surface area (Å²) in [5.74, 6) is 1.27. The highest BCUT2D eigenvalue weighted by Gasteiger charge is 2.17. The van der Waals surface area contributed by atoms with E-state index in [1.807, 2.05) is 6.92 Å². The maximum Gasteiger partial charge on any atom is 0.261 e. The van der Waals surface area contributed by atoms with Gasteiger partial charge < -0.3 is 9.64 Å². The molecule has 1 aromatic carbocycles. The summed E-state index contributed by atoms with van der Waals surface area (Å²) in [5, 5.41) is 0. The number of sulfonamides is 1. The van der Waals surface area contributed by atoms with E-state index < -0.39 is 10.0 Å². The SMILES string of the molecule is CCOc1ccc(S(=O)(=O)Nc2cnc(N3CCCC3)nc2)cc1. The zero-order valence-electron chi connectivity index (χ0n) is 13.5. The van der Waals surface area contributed by atoms with Crippen LogP contribution in [0.5, 0.6) is 5.75 Å². The number of hydrogen-bond donors (Lipinski definition) is 1. The Morgan fingerprint density at radius 1 is 1.12 bits per heavy atom. The van der Waals surface area contributed by atoms with Gasteiger partial charge in [-0.1, -0.05) is 0 Å². The standard InChI is InChI=1S/C16H20N4O3S/c1-2-23-14-5-7-15(8-6-14)24(21,22)19-13-11-17-16(18-12-13)20-9-3-4-10-20/h5-8,11-12,19H,2-4,9-10H2,1H3. The second-order valence-corrected chi connectivity index (χ2v) is 7.16. The van der Waals surface area contributed by atoms with E-state index in [0.29, 0.717) is 24.0 Å². The number of nitrogens with one attached hydrogen (secondary N) is 1. The molecule has 1 N–H and O–H groups in total. The highest BCUT2D eigenvalue weighted by atomic mass is 32.2. The minimum absolute atomic E-state index is 0.162. The molecular formula is C16H20N4O3S. The third kappa shape index (κ3) is 3.76. The number of aromatic nitrogens is 2. The molecule has 7 nitrogen and oxygen atoms in total. The molecule has 0 bridgehead atoms. The third-order valence-electron chi connectivity index (χ3n) is 3.72. The number of ether oxygens (including phenoxy) is 1. The first-order valence-corrected chi connectivity index (χ1v) is 9.39. The lowest BCUT2D eigenvalue weighted by molar-refractivity contribution is 0.340. The van der Waals surface area contributed by atoms with E-state index in [0.717, 1.165) is 25.9 Å². The van der Waals surface area contributed by atoms with Gasteiger partial charge in [0.1, 0.15) is 5.75 Å². The number of hydrogen-bond acceptors (Lipinski definition) is 6. The average Bonchev–Trinajstić information content (AvgIpc) is 3.10. The monoisotopic (exact) mass is 348 g/mol. The fourth-order valence-electron chi connectivity index (χ4n) is 2.55. The summed E-state index contributed by atoms with van der Waals surface area (Å²) in [5.41, 5.74) is 0.340. The van der Waals surface area contributed by atoms with Crippen LogP contribution in [0.4, 0.5) is 11.6 Å². The maximum atomic E-state index is 12.4. The van der Waals surface area contributed by atoms with E-state index in [-0.39, 0.29) is 4.90 Å². The topological polar surface area (TPSA) is 84.4 Å². The Labute approximate surface area is 141 Å². The van der Waals surface area contributed by atoms with E-state index in [1.165, 1.54) is 24.5 Å². The van der Waals surface area contributed by atoms with Gasteiger partial charge in [-0.2, -0.15) is 0 Å². The smallest absolute Gasteiger partial charge is 0.261 e. The molecule has 0 atom stereocenters. The van der Waals surface area contributed by atoms with Crippen molar-refractivity contribution in [3.63, 3.8) is 0 Å². The Hall–Kier alpha value is -2.35. The summed E-state index contributed by atoms with van der Waals surface area (Å²) in [6.07, 6.45) is 5.25. The molecule has 0 unspecified atom stereocenters. The molecule has 3 rings (SSSR count). The van der Waals surface area contributed by atoms with Gasteiger partial charge in [0.2, 0.25) is 5.95 Å². The lowest BCUT2D eigenvalue weighted by Gasteiger charge is -2.15. The molecule has 1 saturated heterocycles. The van der Waals surface area contributed by atoms with Crippen LogP contribution in [0.25, 0.3) is 0 Å². The van der Waals surface area contributed by atoms with Crippen LogP contribution in [0.3, 0.4) is 0 Å². The van der Waals surface area contributed by atoms with Gasteiger partial charge in [-0.25, -0.2) is 18.4 Å². The fraction of sp³-hybridized carbons (Fsp3) is 0.375. The highest BCUT2D eigenvalue weighted by molar-refractivity contribution is 7.92. The van der Waals surface area contributed by atoms with E-state index in [9.17, 15) is 8.42 Å². The lowest BCUT2D eigenvalue weighted by atomic mass is 10.3. The van der Waals surface area contributed by atoms with Crippen molar-refractivity contribution in [3.05, 3.63) is 36.7 Å². The second-order valence-electron chi connectivity index (χ2n) is 5.48. The molecule has 1 aliphatic heterocycles. The van der Waals surface area contributed by atoms with Crippen molar-refractivity contribution in [2.24, 2.45) is 0 Å². The van der Waals surface area contributed by atoms with Crippen LogP contribution in [-0.4, -0.2) is 38.1 Å². The van der Waals surface area contributed by atoms with Crippen molar-refractivity contribution in [2.75, 3.05) is 29.3 Å². The van der Waals surface area contributed by atoms with E-state index >= 15 is 0 Å². The molecule has 8 heteroatoms. The number of rotatable bonds is 6. The maximum absolute atomic E-state index is 12.4. The van der Waals surface area contributed by atoms with E-state index in [4.69, 9.17) is 4.74 Å². The zero-order valence-corrected chi connectivity index (χ0v) is 14.3. The number of nitrogens with zero attached hydrogens (tertiary/aromatic N) is 3. The minimum Gasteiger partial charge on any atom is -0.494 e. The van der Waals surface area contributed by atoms with Crippen LogP contribution < -0.4 is 14.4 Å². The van der Waals surface area contributed by atoms with Crippen LogP contribution in [-0.2, 0) is 10.0 Å². The highest BCUT2D eigenvalue weighted by Crippen LogP contribution is 2.20. The summed E-state index contributed by atoms with van der Waals surface area (Å²) >= 11 is 0. The predicted octanol–water partition coefficient (Wildman–Crippen LogP) is 2.28. The van der Waals surface area contributed by atoms with Gasteiger partial charge in [0.05, 0.1) is 29.6 Å². The Kier molecular flexibility index (Phi) is 4.84. The van der Waals surface area contributed by atoms with Crippen molar-refractivity contribution in [3.8, 4) is 5.75 Å². The minimum atomic E-state index is -3.68. The van der Waals surface area contributed by atoms with E-state index in [2.05, 4.69) is 19.6 Å². The quantitative estimate of drug-likeness (QED) is 0.862. The lowest BCUT2D eigenvalue weighted by Crippen LogP contribution is -2.20. The summed E-state index contributed by atoms with van der Waals surface area (Å²) in [7, 11) is -3.68. The summed E-state index contributed by atoms with van der Waals surface area (Å²) in [6, 6.07) is 6.27. The van der Waals surface area contributed by atoms with Crippen molar-refractivity contribution < 1.29 is 13.2 Å². The Morgan fingerprint density at radius 3 is 2.33 bits per heavy atom. The molecule has 0 radical (unpaired) electrons. The number of anilines is 2. The first kappa shape index (κ1) is 16.5. The van der Waals surface area contributed by atoms with Gasteiger partial charge >= 0.3 is 0 Å². The van der Waals surface area contributed by atoms with Crippen molar-refractivity contribution in [1.29, 1.82) is 0 Å². The summed E-state index contributed by atoms with van der Waals surface area (Å²) in [6.45, 7) is 4.29. The van der Waals surface area contributed by atoms with Crippen LogP contribution in [0, 0.1) is 0 Å². The normalized spacial score (nSPS) is 14.6. The second kappa shape index (κ2) is 7.04. The van der Waals surface area contributed by atoms with Gasteiger partial charge in [-0.3, -0.25) is 4.72 Å². The average molecular weight is 348 g/mol. The van der Waals surface area contributed by atoms with Gasteiger partial charge in [0.25, 0.3) is 10.0 Å². The Morgan fingerprint density at radius 2 is 1.75 bits per heavy atom. The fourth-order valence-corrected chi connectivity index (χ4v) is 3.58. The van der Waals surface area contributed by atoms with Crippen LogP contribution in [0.1, 0.15) is 19.8 Å². The van der Waals surface area contributed by atoms with Crippen LogP contribution >= 0.6 is 0 Å². The Bertz CT molecular complexity index is 770. The van der Waals surface area contributed by atoms with Crippen molar-refractivity contribution in [2.45, 2.75) is 24.7 Å². The molecule has 2 aromatic rings. The first-order valence-electron chi connectivity index (χ1n) is 7.91. The molecule has 1 fully saturated rings. The first-order chi connectivity index (χ1) is 11.6. The van der Waals surface area contributed by atoms with Crippen molar-refractivity contribution >= 4 is 21.7 Å². The molecule has 0 aliphatic carbocycles. The molecular weight excluding hydrogens is 328 g/mol. The largest absolute Gasteiger partial charge is 0.494 e. The van der Waals surface area contributed by atoms with Gasteiger partial charge in [0, 0.05) is 13.1 Å². The summed E-state index contributed by atoms with van der Waals surface area (Å²) in [4.78, 5) is 10.7. The molecule has 2 heterocycles. The molecule has 24 heavy (non-hydrogen) atoms. The third-order valence-corrected chi connectivity index (χ3v) is 5.12. The molecule has 0 amide bonds. The van der Waals surface area contributed by atoms with Gasteiger partial charge in [-0.05, 0) is 44.0 Å². The predicted molar refractivity (Wildman–Crippen MR) is 91.9 cm³/mol. The number of benzene rings is 1.